The quantitative estimate of drug-likeness (QED) is 0.832. The molecule has 0 aliphatic carbocycles. The normalized spacial score (nSPS) is 18.5. The standard InChI is InChI=1S/C19H21NO/c21-19(15-16-9-3-1-4-10-16)20-14-8-7-13-18(20)17-11-5-2-6-12-17/h1-6,9-12,18H,7-8,13-15H2. The van der Waals surface area contributed by atoms with Gasteiger partial charge in [-0.25, -0.2) is 0 Å². The molecule has 0 bridgehead atoms. The van der Waals surface area contributed by atoms with E-state index < -0.39 is 0 Å². The molecular formula is C19H21NO. The molecule has 3 rings (SSSR count). The van der Waals surface area contributed by atoms with Gasteiger partial charge in [0.05, 0.1) is 12.5 Å². The van der Waals surface area contributed by atoms with Crippen molar-refractivity contribution in [2.45, 2.75) is 31.7 Å². The third-order valence-electron chi connectivity index (χ3n) is 4.21. The molecule has 1 unspecified atom stereocenters. The van der Waals surface area contributed by atoms with E-state index in [2.05, 4.69) is 29.2 Å². The van der Waals surface area contributed by atoms with Gasteiger partial charge in [-0.15, -0.1) is 0 Å². The summed E-state index contributed by atoms with van der Waals surface area (Å²) in [5.41, 5.74) is 2.36. The van der Waals surface area contributed by atoms with E-state index in [0.29, 0.717) is 6.42 Å². The molecule has 21 heavy (non-hydrogen) atoms. The lowest BCUT2D eigenvalue weighted by Crippen LogP contribution is -2.39. The number of carbonyl (C=O) groups is 1. The lowest BCUT2D eigenvalue weighted by molar-refractivity contribution is -0.134. The van der Waals surface area contributed by atoms with Crippen LogP contribution in [0.5, 0.6) is 0 Å². The zero-order valence-electron chi connectivity index (χ0n) is 12.2. The minimum Gasteiger partial charge on any atom is -0.335 e. The predicted octanol–water partition coefficient (Wildman–Crippen LogP) is 3.98. The van der Waals surface area contributed by atoms with E-state index in [9.17, 15) is 4.79 Å². The molecule has 1 aliphatic heterocycles. The van der Waals surface area contributed by atoms with Gasteiger partial charge in [0.1, 0.15) is 0 Å². The molecule has 1 amide bonds. The fourth-order valence-corrected chi connectivity index (χ4v) is 3.12. The van der Waals surface area contributed by atoms with Crippen molar-refractivity contribution in [2.24, 2.45) is 0 Å². The molecule has 0 saturated carbocycles. The van der Waals surface area contributed by atoms with Crippen LogP contribution in [0.3, 0.4) is 0 Å². The lowest BCUT2D eigenvalue weighted by atomic mass is 9.94. The van der Waals surface area contributed by atoms with Gasteiger partial charge < -0.3 is 4.90 Å². The van der Waals surface area contributed by atoms with Crippen LogP contribution in [0.15, 0.2) is 60.7 Å². The Bertz CT molecular complexity index is 579. The molecule has 2 nitrogen and oxygen atoms in total. The molecule has 2 aromatic rings. The maximum atomic E-state index is 12.7. The van der Waals surface area contributed by atoms with Crippen LogP contribution in [0.25, 0.3) is 0 Å². The third kappa shape index (κ3) is 3.33. The molecule has 0 radical (unpaired) electrons. The van der Waals surface area contributed by atoms with Crippen LogP contribution in [0.1, 0.15) is 36.4 Å². The molecule has 1 aliphatic rings. The number of hydrogen-bond donors (Lipinski definition) is 0. The maximum absolute atomic E-state index is 12.7. The summed E-state index contributed by atoms with van der Waals surface area (Å²) in [5.74, 6) is 0.245. The van der Waals surface area contributed by atoms with Gasteiger partial charge in [0.25, 0.3) is 0 Å². The highest BCUT2D eigenvalue weighted by Crippen LogP contribution is 2.31. The van der Waals surface area contributed by atoms with Crippen LogP contribution in [-0.2, 0) is 11.2 Å². The second-order valence-corrected chi connectivity index (χ2v) is 5.67. The Balaban J connectivity index is 1.76. The van der Waals surface area contributed by atoms with Gasteiger partial charge in [0.15, 0.2) is 0 Å². The number of benzene rings is 2. The summed E-state index contributed by atoms with van der Waals surface area (Å²) in [6.07, 6.45) is 3.90. The van der Waals surface area contributed by atoms with Crippen molar-refractivity contribution in [2.75, 3.05) is 6.54 Å². The van der Waals surface area contributed by atoms with Crippen molar-refractivity contribution >= 4 is 5.91 Å². The Kier molecular flexibility index (Phi) is 4.34. The number of piperidine rings is 1. The van der Waals surface area contributed by atoms with Crippen LogP contribution in [0.2, 0.25) is 0 Å². The molecule has 0 aromatic heterocycles. The van der Waals surface area contributed by atoms with E-state index in [4.69, 9.17) is 0 Å². The molecule has 1 saturated heterocycles. The highest BCUT2D eigenvalue weighted by molar-refractivity contribution is 5.79. The van der Waals surface area contributed by atoms with Gasteiger partial charge in [0.2, 0.25) is 5.91 Å². The SMILES string of the molecule is O=C(Cc1ccccc1)N1CCCCC1c1ccccc1. The van der Waals surface area contributed by atoms with Gasteiger partial charge in [-0.3, -0.25) is 4.79 Å². The van der Waals surface area contributed by atoms with E-state index in [1.165, 1.54) is 12.0 Å². The number of hydrogen-bond acceptors (Lipinski definition) is 1. The third-order valence-corrected chi connectivity index (χ3v) is 4.21. The second kappa shape index (κ2) is 6.57. The van der Waals surface area contributed by atoms with Gasteiger partial charge in [-0.05, 0) is 30.4 Å². The van der Waals surface area contributed by atoms with Gasteiger partial charge in [-0.2, -0.15) is 0 Å². The van der Waals surface area contributed by atoms with Crippen molar-refractivity contribution < 1.29 is 4.79 Å². The molecule has 0 spiro atoms. The Hall–Kier alpha value is -2.09. The van der Waals surface area contributed by atoms with Gasteiger partial charge in [0, 0.05) is 6.54 Å². The van der Waals surface area contributed by atoms with E-state index >= 15 is 0 Å². The average molecular weight is 279 g/mol. The fraction of sp³-hybridized carbons (Fsp3) is 0.316. The van der Waals surface area contributed by atoms with E-state index in [1.807, 2.05) is 36.4 Å². The summed E-state index contributed by atoms with van der Waals surface area (Å²) in [5, 5.41) is 0. The number of nitrogens with zero attached hydrogens (tertiary/aromatic N) is 1. The summed E-state index contributed by atoms with van der Waals surface area (Å²) in [7, 11) is 0. The Morgan fingerprint density at radius 3 is 2.33 bits per heavy atom. The number of amides is 1. The Morgan fingerprint density at radius 2 is 1.62 bits per heavy atom. The first-order valence-corrected chi connectivity index (χ1v) is 7.73. The van der Waals surface area contributed by atoms with Gasteiger partial charge in [-0.1, -0.05) is 60.7 Å². The molecule has 2 aromatic carbocycles. The zero-order chi connectivity index (χ0) is 14.5. The summed E-state index contributed by atoms with van der Waals surface area (Å²) in [6, 6.07) is 20.7. The van der Waals surface area contributed by atoms with Crippen LogP contribution in [0.4, 0.5) is 0 Å². The lowest BCUT2D eigenvalue weighted by Gasteiger charge is -2.36. The molecule has 0 N–H and O–H groups in total. The smallest absolute Gasteiger partial charge is 0.227 e. The van der Waals surface area contributed by atoms with Crippen LogP contribution in [-0.4, -0.2) is 17.4 Å². The highest BCUT2D eigenvalue weighted by Gasteiger charge is 2.27. The van der Waals surface area contributed by atoms with Crippen molar-refractivity contribution in [3.63, 3.8) is 0 Å². The second-order valence-electron chi connectivity index (χ2n) is 5.67. The van der Waals surface area contributed by atoms with Crippen molar-refractivity contribution in [1.82, 2.24) is 4.90 Å². The first-order chi connectivity index (χ1) is 10.3. The van der Waals surface area contributed by atoms with E-state index in [-0.39, 0.29) is 11.9 Å². The first-order valence-electron chi connectivity index (χ1n) is 7.73. The summed E-state index contributed by atoms with van der Waals surface area (Å²) in [6.45, 7) is 0.880. The summed E-state index contributed by atoms with van der Waals surface area (Å²) in [4.78, 5) is 14.8. The van der Waals surface area contributed by atoms with E-state index in [1.54, 1.807) is 0 Å². The number of rotatable bonds is 3. The van der Waals surface area contributed by atoms with Crippen molar-refractivity contribution in [1.29, 1.82) is 0 Å². The highest BCUT2D eigenvalue weighted by atomic mass is 16.2. The molecule has 1 atom stereocenters. The molecule has 1 heterocycles. The summed E-state index contributed by atoms with van der Waals surface area (Å²) < 4.78 is 0. The fourth-order valence-electron chi connectivity index (χ4n) is 3.12. The molecule has 2 heteroatoms. The topological polar surface area (TPSA) is 20.3 Å². The minimum absolute atomic E-state index is 0.245. The largest absolute Gasteiger partial charge is 0.335 e. The average Bonchev–Trinajstić information content (AvgIpc) is 2.56. The number of carbonyl (C=O) groups excluding carboxylic acids is 1. The van der Waals surface area contributed by atoms with Crippen LogP contribution in [0, 0.1) is 0 Å². The number of likely N-dealkylation sites (tertiary alicyclic amines) is 1. The Labute approximate surface area is 126 Å². The first kappa shape index (κ1) is 13.9. The van der Waals surface area contributed by atoms with Crippen LogP contribution >= 0.6 is 0 Å². The van der Waals surface area contributed by atoms with Crippen LogP contribution < -0.4 is 0 Å². The predicted molar refractivity (Wildman–Crippen MR) is 84.9 cm³/mol. The molecule has 108 valence electrons. The zero-order valence-corrected chi connectivity index (χ0v) is 12.2. The minimum atomic E-state index is 0.245. The van der Waals surface area contributed by atoms with Gasteiger partial charge >= 0.3 is 0 Å². The molecular weight excluding hydrogens is 258 g/mol. The Morgan fingerprint density at radius 1 is 0.952 bits per heavy atom. The summed E-state index contributed by atoms with van der Waals surface area (Å²) >= 11 is 0. The molecule has 1 fully saturated rings. The van der Waals surface area contributed by atoms with Crippen molar-refractivity contribution in [3.05, 3.63) is 71.8 Å². The maximum Gasteiger partial charge on any atom is 0.227 e. The van der Waals surface area contributed by atoms with Crippen molar-refractivity contribution in [3.8, 4) is 0 Å². The monoisotopic (exact) mass is 279 g/mol. The van der Waals surface area contributed by atoms with E-state index in [0.717, 1.165) is 24.9 Å².